The molecule has 2 aromatic heterocycles. The molecule has 7 nitrogen and oxygen atoms in total. The quantitative estimate of drug-likeness (QED) is 0.735. The molecule has 1 N–H and O–H groups in total. The summed E-state index contributed by atoms with van der Waals surface area (Å²) >= 11 is 0. The average molecular weight is 393 g/mol. The molecule has 1 aliphatic carbocycles. The molecule has 152 valence electrons. The van der Waals surface area contributed by atoms with Crippen LogP contribution in [-0.4, -0.2) is 43.2 Å². The monoisotopic (exact) mass is 392 g/mol. The van der Waals surface area contributed by atoms with Crippen LogP contribution in [-0.2, 0) is 0 Å². The number of rotatable bonds is 4. The Hall–Kier alpha value is -2.54. The molecule has 1 aliphatic heterocycles. The Morgan fingerprint density at radius 1 is 1.07 bits per heavy atom. The summed E-state index contributed by atoms with van der Waals surface area (Å²) < 4.78 is 2.02. The van der Waals surface area contributed by atoms with Crippen LogP contribution >= 0.6 is 0 Å². The Labute approximate surface area is 170 Å². The van der Waals surface area contributed by atoms with E-state index in [1.54, 1.807) is 0 Å². The Kier molecular flexibility index (Phi) is 4.91. The number of aryl methyl sites for hydroxylation is 1. The molecule has 1 atom stereocenters. The number of tetrazole rings is 1. The van der Waals surface area contributed by atoms with Gasteiger partial charge in [0.25, 0.3) is 5.56 Å². The van der Waals surface area contributed by atoms with Gasteiger partial charge in [0.15, 0.2) is 5.82 Å². The molecule has 1 aromatic carbocycles. The largest absolute Gasteiger partial charge is 0.322 e. The average Bonchev–Trinajstić information content (AvgIpc) is 3.42. The minimum atomic E-state index is -0.205. The van der Waals surface area contributed by atoms with Gasteiger partial charge in [-0.05, 0) is 79.7 Å². The van der Waals surface area contributed by atoms with Crippen molar-refractivity contribution in [2.75, 3.05) is 13.1 Å². The summed E-state index contributed by atoms with van der Waals surface area (Å²) in [5, 5.41) is 13.9. The van der Waals surface area contributed by atoms with Crippen LogP contribution in [0.3, 0.4) is 0 Å². The number of aromatic nitrogens is 5. The van der Waals surface area contributed by atoms with Crippen LogP contribution in [0.2, 0.25) is 0 Å². The van der Waals surface area contributed by atoms with Gasteiger partial charge in [-0.2, -0.15) is 0 Å². The molecule has 0 bridgehead atoms. The minimum Gasteiger partial charge on any atom is -0.322 e. The SMILES string of the molecule is Cc1ccc2[nH]c(=O)c(C(c3nnnn3C3CCCCC3)N3CCCC3)cc2c1. The summed E-state index contributed by atoms with van der Waals surface area (Å²) in [5.41, 5.74) is 2.75. The third kappa shape index (κ3) is 3.48. The van der Waals surface area contributed by atoms with E-state index in [0.29, 0.717) is 6.04 Å². The summed E-state index contributed by atoms with van der Waals surface area (Å²) in [6.45, 7) is 4.01. The predicted molar refractivity (Wildman–Crippen MR) is 112 cm³/mol. The Balaban J connectivity index is 1.64. The van der Waals surface area contributed by atoms with E-state index in [1.165, 1.54) is 24.8 Å². The fourth-order valence-electron chi connectivity index (χ4n) is 5.01. The first kappa shape index (κ1) is 18.5. The molecule has 1 saturated carbocycles. The molecule has 2 fully saturated rings. The van der Waals surface area contributed by atoms with E-state index < -0.39 is 0 Å². The highest BCUT2D eigenvalue weighted by Crippen LogP contribution is 2.34. The topological polar surface area (TPSA) is 79.7 Å². The lowest BCUT2D eigenvalue weighted by molar-refractivity contribution is 0.243. The molecule has 0 amide bonds. The summed E-state index contributed by atoms with van der Waals surface area (Å²) in [4.78, 5) is 18.6. The van der Waals surface area contributed by atoms with Crippen LogP contribution in [0.5, 0.6) is 0 Å². The molecule has 1 unspecified atom stereocenters. The van der Waals surface area contributed by atoms with Gasteiger partial charge in [-0.1, -0.05) is 30.9 Å². The number of pyridine rings is 1. The summed E-state index contributed by atoms with van der Waals surface area (Å²) in [6, 6.07) is 8.31. The van der Waals surface area contributed by atoms with Crippen LogP contribution in [0.4, 0.5) is 0 Å². The molecule has 29 heavy (non-hydrogen) atoms. The number of H-pyrrole nitrogens is 1. The number of fused-ring (bicyclic) bond motifs is 1. The highest BCUT2D eigenvalue weighted by Gasteiger charge is 2.33. The maximum Gasteiger partial charge on any atom is 0.253 e. The van der Waals surface area contributed by atoms with Crippen molar-refractivity contribution in [3.05, 3.63) is 51.6 Å². The van der Waals surface area contributed by atoms with Gasteiger partial charge in [-0.3, -0.25) is 9.69 Å². The van der Waals surface area contributed by atoms with E-state index in [1.807, 2.05) is 22.9 Å². The standard InChI is InChI=1S/C22H28N6O/c1-15-9-10-19-16(13-15)14-18(22(29)23-19)20(27-11-5-6-12-27)21-24-25-26-28(21)17-7-3-2-4-8-17/h9-10,13-14,17,20H,2-8,11-12H2,1H3,(H,23,29). The second-order valence-electron chi connectivity index (χ2n) is 8.56. The van der Waals surface area contributed by atoms with Gasteiger partial charge in [0.1, 0.15) is 6.04 Å². The molecule has 1 saturated heterocycles. The summed E-state index contributed by atoms with van der Waals surface area (Å²) in [7, 11) is 0. The molecule has 0 radical (unpaired) electrons. The predicted octanol–water partition coefficient (Wildman–Crippen LogP) is 3.51. The van der Waals surface area contributed by atoms with E-state index in [4.69, 9.17) is 0 Å². The molecule has 5 rings (SSSR count). The molecule has 3 heterocycles. The van der Waals surface area contributed by atoms with Crippen molar-refractivity contribution < 1.29 is 0 Å². The van der Waals surface area contributed by atoms with Crippen molar-refractivity contribution in [2.45, 2.75) is 64.0 Å². The van der Waals surface area contributed by atoms with Crippen molar-refractivity contribution >= 4 is 10.9 Å². The maximum absolute atomic E-state index is 13.1. The van der Waals surface area contributed by atoms with Crippen LogP contribution in [0, 0.1) is 6.92 Å². The zero-order valence-corrected chi connectivity index (χ0v) is 17.0. The van der Waals surface area contributed by atoms with Gasteiger partial charge in [0.05, 0.1) is 6.04 Å². The van der Waals surface area contributed by atoms with E-state index in [0.717, 1.165) is 61.1 Å². The van der Waals surface area contributed by atoms with E-state index in [-0.39, 0.29) is 11.6 Å². The highest BCUT2D eigenvalue weighted by atomic mass is 16.1. The third-order valence-corrected chi connectivity index (χ3v) is 6.51. The second kappa shape index (κ2) is 7.71. The number of benzene rings is 1. The van der Waals surface area contributed by atoms with Crippen LogP contribution in [0.25, 0.3) is 10.9 Å². The number of hydrogen-bond donors (Lipinski definition) is 1. The summed E-state index contributed by atoms with van der Waals surface area (Å²) in [5.74, 6) is 0.816. The van der Waals surface area contributed by atoms with E-state index in [9.17, 15) is 4.79 Å². The van der Waals surface area contributed by atoms with Gasteiger partial charge in [-0.15, -0.1) is 5.10 Å². The van der Waals surface area contributed by atoms with E-state index >= 15 is 0 Å². The van der Waals surface area contributed by atoms with Crippen LogP contribution in [0.1, 0.15) is 74.0 Å². The zero-order valence-electron chi connectivity index (χ0n) is 17.0. The van der Waals surface area contributed by atoms with Crippen molar-refractivity contribution in [1.82, 2.24) is 30.1 Å². The van der Waals surface area contributed by atoms with Crippen molar-refractivity contribution in [3.63, 3.8) is 0 Å². The van der Waals surface area contributed by atoms with Crippen molar-refractivity contribution in [1.29, 1.82) is 0 Å². The molecule has 2 aliphatic rings. The number of nitrogens with one attached hydrogen (secondary N) is 1. The van der Waals surface area contributed by atoms with Crippen molar-refractivity contribution in [3.8, 4) is 0 Å². The van der Waals surface area contributed by atoms with Gasteiger partial charge in [0.2, 0.25) is 0 Å². The molecule has 0 spiro atoms. The summed E-state index contributed by atoms with van der Waals surface area (Å²) in [6.07, 6.45) is 8.23. The first-order valence-electron chi connectivity index (χ1n) is 10.9. The second-order valence-corrected chi connectivity index (χ2v) is 8.56. The Morgan fingerprint density at radius 2 is 1.86 bits per heavy atom. The molecule has 3 aromatic rings. The van der Waals surface area contributed by atoms with E-state index in [2.05, 4.69) is 38.4 Å². The number of likely N-dealkylation sites (tertiary alicyclic amines) is 1. The Morgan fingerprint density at radius 3 is 2.66 bits per heavy atom. The fourth-order valence-corrected chi connectivity index (χ4v) is 5.01. The van der Waals surface area contributed by atoms with Crippen LogP contribution in [0.15, 0.2) is 29.1 Å². The smallest absolute Gasteiger partial charge is 0.253 e. The fraction of sp³-hybridized carbons (Fsp3) is 0.545. The Bertz CT molecular complexity index is 1060. The zero-order chi connectivity index (χ0) is 19.8. The number of nitrogens with zero attached hydrogens (tertiary/aromatic N) is 5. The minimum absolute atomic E-state index is 0.0450. The first-order chi connectivity index (χ1) is 14.2. The van der Waals surface area contributed by atoms with Crippen molar-refractivity contribution in [2.24, 2.45) is 0 Å². The lowest BCUT2D eigenvalue weighted by atomic mass is 9.95. The van der Waals surface area contributed by atoms with Gasteiger partial charge < -0.3 is 4.98 Å². The van der Waals surface area contributed by atoms with Gasteiger partial charge in [0, 0.05) is 11.1 Å². The van der Waals surface area contributed by atoms with Gasteiger partial charge in [-0.25, -0.2) is 4.68 Å². The molecular formula is C22H28N6O. The van der Waals surface area contributed by atoms with Crippen LogP contribution < -0.4 is 5.56 Å². The number of aromatic amines is 1. The molecular weight excluding hydrogens is 364 g/mol. The third-order valence-electron chi connectivity index (χ3n) is 6.51. The highest BCUT2D eigenvalue weighted by molar-refractivity contribution is 5.79. The lowest BCUT2D eigenvalue weighted by Crippen LogP contribution is -2.34. The maximum atomic E-state index is 13.1. The molecule has 7 heteroatoms. The lowest BCUT2D eigenvalue weighted by Gasteiger charge is -2.29. The van der Waals surface area contributed by atoms with Gasteiger partial charge >= 0.3 is 0 Å². The normalized spacial score (nSPS) is 19.8. The first-order valence-corrected chi connectivity index (χ1v) is 10.9. The number of hydrogen-bond acceptors (Lipinski definition) is 5.